The molecule has 0 saturated carbocycles. The second kappa shape index (κ2) is 11.0. The fourth-order valence-electron chi connectivity index (χ4n) is 3.80. The van der Waals surface area contributed by atoms with Crippen molar-refractivity contribution in [2.45, 2.75) is 71.6 Å². The van der Waals surface area contributed by atoms with Crippen LogP contribution in [0, 0.1) is 0 Å². The number of benzene rings is 1. The van der Waals surface area contributed by atoms with Gasteiger partial charge < -0.3 is 15.0 Å². The van der Waals surface area contributed by atoms with Crippen molar-refractivity contribution in [1.29, 1.82) is 0 Å². The van der Waals surface area contributed by atoms with E-state index in [4.69, 9.17) is 4.74 Å². The first-order chi connectivity index (χ1) is 14.6. The molecule has 1 aliphatic rings. The summed E-state index contributed by atoms with van der Waals surface area (Å²) < 4.78 is 5.51. The highest BCUT2D eigenvalue weighted by Gasteiger charge is 2.28. The zero-order valence-electron chi connectivity index (χ0n) is 19.8. The van der Waals surface area contributed by atoms with E-state index in [0.29, 0.717) is 12.5 Å². The van der Waals surface area contributed by atoms with Crippen molar-refractivity contribution in [3.8, 4) is 0 Å². The van der Waals surface area contributed by atoms with Crippen LogP contribution in [0.2, 0.25) is 0 Å². The number of carbonyl (C=O) groups excluding carboxylic acids is 1. The van der Waals surface area contributed by atoms with Crippen LogP contribution in [0.4, 0.5) is 4.79 Å². The number of hydrogen-bond donors (Lipinski definition) is 1. The monoisotopic (exact) mass is 422 g/mol. The largest absolute Gasteiger partial charge is 0.444 e. The van der Waals surface area contributed by atoms with Gasteiger partial charge in [0.15, 0.2) is 0 Å². The van der Waals surface area contributed by atoms with Crippen LogP contribution < -0.4 is 5.32 Å². The molecular formula is C27H38N2O2. The molecule has 1 aromatic rings. The van der Waals surface area contributed by atoms with Crippen LogP contribution in [0.3, 0.4) is 0 Å². The number of amides is 1. The molecule has 0 aromatic heterocycles. The van der Waals surface area contributed by atoms with Crippen LogP contribution in [0.1, 0.15) is 59.4 Å². The summed E-state index contributed by atoms with van der Waals surface area (Å²) in [5.74, 6) is 0. The molecule has 1 fully saturated rings. The molecule has 0 spiro atoms. The molecular weight excluding hydrogens is 384 g/mol. The number of likely N-dealkylation sites (tertiary alicyclic amines) is 1. The molecule has 2 rings (SSSR count). The van der Waals surface area contributed by atoms with Gasteiger partial charge in [-0.05, 0) is 65.0 Å². The van der Waals surface area contributed by atoms with E-state index in [0.717, 1.165) is 41.8 Å². The van der Waals surface area contributed by atoms with Gasteiger partial charge >= 0.3 is 6.09 Å². The summed E-state index contributed by atoms with van der Waals surface area (Å²) in [5.41, 5.74) is 3.73. The SMILES string of the molecule is C=C/C(=C\C=C(/C)C[C@H](NC(=O)OC(C)(C)C)C(=C)N1CCC[C@H]1C)c1ccccc1. The first kappa shape index (κ1) is 24.5. The smallest absolute Gasteiger partial charge is 0.408 e. The summed E-state index contributed by atoms with van der Waals surface area (Å²) in [6.45, 7) is 19.2. The minimum atomic E-state index is -0.543. The van der Waals surface area contributed by atoms with Crippen LogP contribution in [-0.2, 0) is 4.74 Å². The van der Waals surface area contributed by atoms with Gasteiger partial charge in [0, 0.05) is 18.3 Å². The van der Waals surface area contributed by atoms with E-state index < -0.39 is 11.7 Å². The van der Waals surface area contributed by atoms with Gasteiger partial charge in [0.2, 0.25) is 0 Å². The summed E-state index contributed by atoms with van der Waals surface area (Å²) in [4.78, 5) is 14.8. The van der Waals surface area contributed by atoms with Gasteiger partial charge in [-0.25, -0.2) is 4.79 Å². The van der Waals surface area contributed by atoms with Crippen LogP contribution in [0.25, 0.3) is 5.57 Å². The molecule has 168 valence electrons. The lowest BCUT2D eigenvalue weighted by Crippen LogP contribution is -2.44. The number of nitrogens with one attached hydrogen (secondary N) is 1. The number of alkyl carbamates (subject to hydrolysis) is 1. The molecule has 1 aliphatic heterocycles. The summed E-state index contributed by atoms with van der Waals surface area (Å²) in [6, 6.07) is 10.4. The summed E-state index contributed by atoms with van der Waals surface area (Å²) in [5, 5.41) is 3.05. The van der Waals surface area contributed by atoms with Crippen molar-refractivity contribution in [1.82, 2.24) is 10.2 Å². The second-order valence-electron chi connectivity index (χ2n) is 9.28. The third kappa shape index (κ3) is 7.78. The summed E-state index contributed by atoms with van der Waals surface area (Å²) in [7, 11) is 0. The predicted octanol–water partition coefficient (Wildman–Crippen LogP) is 6.48. The fraction of sp³-hybridized carbons (Fsp3) is 0.444. The van der Waals surface area contributed by atoms with E-state index >= 15 is 0 Å². The lowest BCUT2D eigenvalue weighted by atomic mass is 10.0. The fourth-order valence-corrected chi connectivity index (χ4v) is 3.80. The zero-order valence-corrected chi connectivity index (χ0v) is 19.8. The van der Waals surface area contributed by atoms with Crippen LogP contribution in [0.15, 0.2) is 73.0 Å². The third-order valence-electron chi connectivity index (χ3n) is 5.42. The maximum Gasteiger partial charge on any atom is 0.408 e. The van der Waals surface area contributed by atoms with E-state index in [2.05, 4.69) is 61.5 Å². The molecule has 1 amide bonds. The molecule has 31 heavy (non-hydrogen) atoms. The van der Waals surface area contributed by atoms with Crippen LogP contribution in [0.5, 0.6) is 0 Å². The minimum Gasteiger partial charge on any atom is -0.444 e. The maximum atomic E-state index is 12.5. The molecule has 1 aromatic carbocycles. The van der Waals surface area contributed by atoms with E-state index in [-0.39, 0.29) is 6.04 Å². The lowest BCUT2D eigenvalue weighted by molar-refractivity contribution is 0.0504. The summed E-state index contributed by atoms with van der Waals surface area (Å²) >= 11 is 0. The first-order valence-corrected chi connectivity index (χ1v) is 11.1. The Kier molecular flexibility index (Phi) is 8.73. The maximum absolute atomic E-state index is 12.5. The Hall–Kier alpha value is -2.75. The topological polar surface area (TPSA) is 41.6 Å². The number of allylic oxidation sites excluding steroid dienone is 4. The minimum absolute atomic E-state index is 0.219. The number of ether oxygens (including phenoxy) is 1. The Bertz CT molecular complexity index is 831. The number of hydrogen-bond acceptors (Lipinski definition) is 3. The molecule has 1 heterocycles. The molecule has 4 nitrogen and oxygen atoms in total. The third-order valence-corrected chi connectivity index (χ3v) is 5.42. The van der Waals surface area contributed by atoms with Crippen molar-refractivity contribution in [3.05, 3.63) is 78.6 Å². The lowest BCUT2D eigenvalue weighted by Gasteiger charge is -2.33. The van der Waals surface area contributed by atoms with Gasteiger partial charge in [-0.1, -0.05) is 67.3 Å². The van der Waals surface area contributed by atoms with Crippen molar-refractivity contribution in [2.75, 3.05) is 6.54 Å². The number of rotatable bonds is 8. The molecule has 0 aliphatic carbocycles. The molecule has 2 atom stereocenters. The van der Waals surface area contributed by atoms with Gasteiger partial charge in [-0.3, -0.25) is 0 Å². The molecule has 1 N–H and O–H groups in total. The van der Waals surface area contributed by atoms with Crippen molar-refractivity contribution in [2.24, 2.45) is 0 Å². The predicted molar refractivity (Wildman–Crippen MR) is 131 cm³/mol. The van der Waals surface area contributed by atoms with E-state index in [1.165, 1.54) is 0 Å². The van der Waals surface area contributed by atoms with Gasteiger partial charge in [0.05, 0.1) is 6.04 Å². The highest BCUT2D eigenvalue weighted by Crippen LogP contribution is 2.25. The second-order valence-corrected chi connectivity index (χ2v) is 9.28. The Labute approximate surface area is 188 Å². The van der Waals surface area contributed by atoms with E-state index in [9.17, 15) is 4.79 Å². The summed E-state index contributed by atoms with van der Waals surface area (Å²) in [6.07, 6.45) is 8.58. The van der Waals surface area contributed by atoms with Crippen LogP contribution >= 0.6 is 0 Å². The standard InChI is InChI=1S/C27H38N2O2/c1-8-23(24-14-10-9-11-15-24)17-16-20(2)19-25(28-26(30)31-27(5,6)7)22(4)29-18-12-13-21(29)3/h8-11,14-17,21,25H,1,4,12-13,18-19H2,2-3,5-7H3,(H,28,30)/b20-16+,23-17+/t21-,25+/m1/s1. The first-order valence-electron chi connectivity index (χ1n) is 11.1. The molecule has 0 bridgehead atoms. The van der Waals surface area contributed by atoms with Crippen molar-refractivity contribution < 1.29 is 9.53 Å². The Balaban J connectivity index is 2.19. The molecule has 0 unspecified atom stereocenters. The molecule has 0 radical (unpaired) electrons. The van der Waals surface area contributed by atoms with E-state index in [1.54, 1.807) is 0 Å². The number of carbonyl (C=O) groups is 1. The highest BCUT2D eigenvalue weighted by atomic mass is 16.6. The van der Waals surface area contributed by atoms with Gasteiger partial charge in [0.25, 0.3) is 0 Å². The van der Waals surface area contributed by atoms with E-state index in [1.807, 2.05) is 45.0 Å². The molecule has 1 saturated heterocycles. The van der Waals surface area contributed by atoms with Crippen LogP contribution in [-0.4, -0.2) is 35.2 Å². The Morgan fingerprint density at radius 1 is 1.29 bits per heavy atom. The van der Waals surface area contributed by atoms with Crippen molar-refractivity contribution >= 4 is 11.7 Å². The quantitative estimate of drug-likeness (QED) is 0.487. The normalized spacial score (nSPS) is 18.5. The van der Waals surface area contributed by atoms with Gasteiger partial charge in [-0.2, -0.15) is 0 Å². The zero-order chi connectivity index (χ0) is 23.0. The Morgan fingerprint density at radius 3 is 2.52 bits per heavy atom. The highest BCUT2D eigenvalue weighted by molar-refractivity contribution is 5.74. The van der Waals surface area contributed by atoms with Gasteiger partial charge in [0.1, 0.15) is 5.60 Å². The Morgan fingerprint density at radius 2 is 1.97 bits per heavy atom. The van der Waals surface area contributed by atoms with Crippen molar-refractivity contribution in [3.63, 3.8) is 0 Å². The number of nitrogens with zero attached hydrogens (tertiary/aromatic N) is 1. The average molecular weight is 423 g/mol. The van der Waals surface area contributed by atoms with Gasteiger partial charge in [-0.15, -0.1) is 0 Å². The molecule has 4 heteroatoms. The average Bonchev–Trinajstić information content (AvgIpc) is 3.12.